The number of carbonyl (C=O) groups excluding carboxylic acids is 1. The van der Waals surface area contributed by atoms with Gasteiger partial charge in [0.1, 0.15) is 11.5 Å². The molecule has 0 heterocycles. The number of carbonyl (C=O) groups is 1. The Morgan fingerprint density at radius 3 is 1.38 bits per heavy atom. The first-order valence-corrected chi connectivity index (χ1v) is 7.44. The minimum absolute atomic E-state index is 0.139. The fraction of sp³-hybridized carbons (Fsp3) is 0.769. The van der Waals surface area contributed by atoms with Gasteiger partial charge in [-0.25, -0.2) is 0 Å². The summed E-state index contributed by atoms with van der Waals surface area (Å²) in [4.78, 5) is 10.5. The predicted molar refractivity (Wildman–Crippen MR) is 74.8 cm³/mol. The smallest absolute Gasteiger partial charge is 0.381 e. The molecule has 0 fully saturated rings. The van der Waals surface area contributed by atoms with Crippen LogP contribution in [0.1, 0.15) is 48.5 Å². The summed E-state index contributed by atoms with van der Waals surface area (Å²) in [5.74, 6) is -0.206. The SMILES string of the molecule is C=C(OS(=O)(=O)C(F)(F)F)C(C)(C)C.CC(=O)C(C)(C)C. The van der Waals surface area contributed by atoms with Gasteiger partial charge in [0.05, 0.1) is 0 Å². The predicted octanol–water partition coefficient (Wildman–Crippen LogP) is 4.03. The standard InChI is InChI=1S/C7H11F3O3S.C6H12O/c1-5(6(2,3)4)13-14(11,12)7(8,9)10;1-5(7)6(2,3)4/h1H2,2-4H3;1-4H3. The topological polar surface area (TPSA) is 60.4 Å². The van der Waals surface area contributed by atoms with Gasteiger partial charge in [-0.15, -0.1) is 0 Å². The molecule has 0 amide bonds. The summed E-state index contributed by atoms with van der Waals surface area (Å²) in [5.41, 5.74) is -6.42. The van der Waals surface area contributed by atoms with Crippen LogP contribution >= 0.6 is 0 Å². The van der Waals surface area contributed by atoms with Crippen molar-refractivity contribution >= 4 is 15.9 Å². The number of hydrogen-bond acceptors (Lipinski definition) is 4. The fourth-order valence-electron chi connectivity index (χ4n) is 0.305. The molecule has 0 aliphatic heterocycles. The molecular formula is C13H23F3O4S. The van der Waals surface area contributed by atoms with Crippen molar-refractivity contribution in [2.45, 2.75) is 54.0 Å². The second-order valence-corrected chi connectivity index (χ2v) is 8.00. The van der Waals surface area contributed by atoms with Crippen molar-refractivity contribution in [3.8, 4) is 0 Å². The summed E-state index contributed by atoms with van der Waals surface area (Å²) < 4.78 is 60.3. The number of hydrogen-bond donors (Lipinski definition) is 0. The molecule has 0 aromatic heterocycles. The van der Waals surface area contributed by atoms with E-state index in [2.05, 4.69) is 10.8 Å². The van der Waals surface area contributed by atoms with Crippen molar-refractivity contribution in [2.75, 3.05) is 0 Å². The number of rotatable bonds is 2. The van der Waals surface area contributed by atoms with Gasteiger partial charge in [0, 0.05) is 10.8 Å². The zero-order chi connectivity index (χ0) is 17.9. The Bertz CT molecular complexity index is 477. The molecular weight excluding hydrogens is 309 g/mol. The molecule has 8 heteroatoms. The number of halogens is 3. The molecule has 0 rings (SSSR count). The lowest BCUT2D eigenvalue weighted by Gasteiger charge is -2.21. The molecule has 0 aromatic carbocycles. The lowest BCUT2D eigenvalue weighted by Crippen LogP contribution is -2.27. The Morgan fingerprint density at radius 2 is 1.24 bits per heavy atom. The summed E-state index contributed by atoms with van der Waals surface area (Å²) in [6.45, 7) is 14.9. The van der Waals surface area contributed by atoms with Crippen LogP contribution in [0.15, 0.2) is 12.3 Å². The van der Waals surface area contributed by atoms with Crippen LogP contribution in [0.25, 0.3) is 0 Å². The lowest BCUT2D eigenvalue weighted by atomic mass is 9.92. The third-order valence-corrected chi connectivity index (χ3v) is 3.37. The summed E-state index contributed by atoms with van der Waals surface area (Å²) in [6, 6.07) is 0. The van der Waals surface area contributed by atoms with Gasteiger partial charge < -0.3 is 4.18 Å². The van der Waals surface area contributed by atoms with Crippen molar-refractivity contribution < 1.29 is 30.6 Å². The molecule has 0 saturated heterocycles. The van der Waals surface area contributed by atoms with Crippen LogP contribution in [0.5, 0.6) is 0 Å². The molecule has 21 heavy (non-hydrogen) atoms. The van der Waals surface area contributed by atoms with Crippen LogP contribution in [0, 0.1) is 10.8 Å². The van der Waals surface area contributed by atoms with E-state index in [1.165, 1.54) is 20.8 Å². The van der Waals surface area contributed by atoms with Gasteiger partial charge in [-0.3, -0.25) is 4.79 Å². The lowest BCUT2D eigenvalue weighted by molar-refractivity contribution is -0.124. The van der Waals surface area contributed by atoms with Gasteiger partial charge in [-0.05, 0) is 6.92 Å². The maximum atomic E-state index is 11.8. The van der Waals surface area contributed by atoms with Gasteiger partial charge in [0.25, 0.3) is 0 Å². The summed E-state index contributed by atoms with van der Waals surface area (Å²) in [7, 11) is -5.58. The first-order chi connectivity index (χ1) is 8.82. The third-order valence-electron chi connectivity index (χ3n) is 2.39. The highest BCUT2D eigenvalue weighted by molar-refractivity contribution is 7.87. The largest absolute Gasteiger partial charge is 0.534 e. The first-order valence-electron chi connectivity index (χ1n) is 6.03. The van der Waals surface area contributed by atoms with E-state index in [9.17, 15) is 26.4 Å². The minimum atomic E-state index is -5.58. The van der Waals surface area contributed by atoms with Gasteiger partial charge in [-0.2, -0.15) is 21.6 Å². The molecule has 0 atom stereocenters. The summed E-state index contributed by atoms with van der Waals surface area (Å²) >= 11 is 0. The van der Waals surface area contributed by atoms with Crippen molar-refractivity contribution in [2.24, 2.45) is 10.8 Å². The number of Topliss-reactive ketones (excluding diaryl/α,β-unsaturated/α-hetero) is 1. The average molecular weight is 332 g/mol. The third kappa shape index (κ3) is 8.75. The van der Waals surface area contributed by atoms with E-state index >= 15 is 0 Å². The van der Waals surface area contributed by atoms with E-state index in [-0.39, 0.29) is 11.2 Å². The normalized spacial score (nSPS) is 13.0. The molecule has 0 bridgehead atoms. The molecule has 126 valence electrons. The molecule has 0 unspecified atom stereocenters. The molecule has 0 aliphatic rings. The number of alkyl halides is 3. The van der Waals surface area contributed by atoms with Gasteiger partial charge in [0.2, 0.25) is 0 Å². The van der Waals surface area contributed by atoms with Crippen molar-refractivity contribution in [1.82, 2.24) is 0 Å². The number of ketones is 1. The first kappa shape index (κ1) is 22.2. The van der Waals surface area contributed by atoms with Gasteiger partial charge in [-0.1, -0.05) is 48.1 Å². The molecule has 0 radical (unpaired) electrons. The van der Waals surface area contributed by atoms with Crippen LogP contribution in [0.2, 0.25) is 0 Å². The molecule has 0 aliphatic carbocycles. The van der Waals surface area contributed by atoms with Gasteiger partial charge in [0.15, 0.2) is 0 Å². The minimum Gasteiger partial charge on any atom is -0.381 e. The fourth-order valence-corrected chi connectivity index (χ4v) is 0.914. The number of allylic oxidation sites excluding steroid dienone is 1. The van der Waals surface area contributed by atoms with Crippen LogP contribution < -0.4 is 0 Å². The highest BCUT2D eigenvalue weighted by atomic mass is 32.2. The Kier molecular flexibility index (Phi) is 7.21. The average Bonchev–Trinajstić information content (AvgIpc) is 2.12. The van der Waals surface area contributed by atoms with E-state index in [0.29, 0.717) is 0 Å². The van der Waals surface area contributed by atoms with Crippen LogP contribution in [0.3, 0.4) is 0 Å². The Morgan fingerprint density at radius 1 is 0.952 bits per heavy atom. The molecule has 4 nitrogen and oxygen atoms in total. The van der Waals surface area contributed by atoms with Crippen LogP contribution in [-0.2, 0) is 19.1 Å². The van der Waals surface area contributed by atoms with Crippen molar-refractivity contribution in [3.05, 3.63) is 12.3 Å². The monoisotopic (exact) mass is 332 g/mol. The zero-order valence-corrected chi connectivity index (χ0v) is 14.2. The van der Waals surface area contributed by atoms with E-state index in [1.54, 1.807) is 6.92 Å². The van der Waals surface area contributed by atoms with Crippen molar-refractivity contribution in [3.63, 3.8) is 0 Å². The maximum absolute atomic E-state index is 11.8. The van der Waals surface area contributed by atoms with Crippen LogP contribution in [-0.4, -0.2) is 19.7 Å². The Balaban J connectivity index is 0. The van der Waals surface area contributed by atoms with E-state index < -0.39 is 26.8 Å². The second-order valence-electron chi connectivity index (χ2n) is 6.46. The quantitative estimate of drug-likeness (QED) is 0.435. The van der Waals surface area contributed by atoms with Gasteiger partial charge >= 0.3 is 15.6 Å². The van der Waals surface area contributed by atoms with E-state index in [0.717, 1.165) is 0 Å². The van der Waals surface area contributed by atoms with Crippen LogP contribution in [0.4, 0.5) is 13.2 Å². The second kappa shape index (κ2) is 6.81. The van der Waals surface area contributed by atoms with E-state index in [1.807, 2.05) is 20.8 Å². The summed E-state index contributed by atoms with van der Waals surface area (Å²) in [6.07, 6.45) is 0. The molecule has 0 N–H and O–H groups in total. The summed E-state index contributed by atoms with van der Waals surface area (Å²) in [5, 5.41) is 0. The van der Waals surface area contributed by atoms with Crippen molar-refractivity contribution in [1.29, 1.82) is 0 Å². The maximum Gasteiger partial charge on any atom is 0.534 e. The Labute approximate surface area is 124 Å². The highest BCUT2D eigenvalue weighted by Gasteiger charge is 2.49. The van der Waals surface area contributed by atoms with E-state index in [4.69, 9.17) is 0 Å². The zero-order valence-electron chi connectivity index (χ0n) is 13.4. The molecule has 0 saturated carbocycles. The highest BCUT2D eigenvalue weighted by Crippen LogP contribution is 2.32. The molecule has 0 spiro atoms. The molecule has 0 aromatic rings. The Hall–Kier alpha value is -1.05.